The Balaban J connectivity index is 2.11. The number of benzene rings is 1. The number of nitrogens with two attached hydrogens (primary N) is 1. The Hall–Kier alpha value is -1.95. The lowest BCUT2D eigenvalue weighted by Crippen LogP contribution is -2.36. The van der Waals surface area contributed by atoms with Crippen LogP contribution in [0.1, 0.15) is 12.0 Å². The molecule has 1 atom stereocenters. The first-order valence-electron chi connectivity index (χ1n) is 5.84. The number of anilines is 2. The number of nitrogens with zero attached hydrogens (tertiary/aromatic N) is 1. The van der Waals surface area contributed by atoms with Crippen molar-refractivity contribution in [1.82, 2.24) is 5.32 Å². The average Bonchev–Trinajstić information content (AvgIpc) is 2.76. The van der Waals surface area contributed by atoms with Gasteiger partial charge in [-0.2, -0.15) is 0 Å². The molecule has 0 aromatic heterocycles. The second kappa shape index (κ2) is 5.14. The highest BCUT2D eigenvalue weighted by molar-refractivity contribution is 5.65. The van der Waals surface area contributed by atoms with Gasteiger partial charge in [-0.1, -0.05) is 0 Å². The lowest BCUT2D eigenvalue weighted by molar-refractivity contribution is 0.191. The topological polar surface area (TPSA) is 98.8 Å². The van der Waals surface area contributed by atoms with Crippen LogP contribution in [-0.2, 0) is 6.61 Å². The van der Waals surface area contributed by atoms with E-state index in [4.69, 9.17) is 10.8 Å². The molecule has 1 heterocycles. The monoisotopic (exact) mass is 251 g/mol. The molecular weight excluding hydrogens is 234 g/mol. The number of nitrogen functional groups attached to an aromatic ring is 1. The molecule has 1 amide bonds. The fraction of sp³-hybridized carbons (Fsp3) is 0.417. The van der Waals surface area contributed by atoms with Crippen LogP contribution in [0.25, 0.3) is 0 Å². The average molecular weight is 251 g/mol. The highest BCUT2D eigenvalue weighted by Gasteiger charge is 2.25. The number of rotatable bonds is 3. The van der Waals surface area contributed by atoms with Gasteiger partial charge in [-0.15, -0.1) is 0 Å². The molecule has 98 valence electrons. The SMILES string of the molecule is Nc1ccc(N2CCC(NC(=O)O)C2)c(CO)c1. The molecular formula is C12H17N3O3. The fourth-order valence-corrected chi connectivity index (χ4v) is 2.31. The van der Waals surface area contributed by atoms with Gasteiger partial charge in [0.25, 0.3) is 0 Å². The highest BCUT2D eigenvalue weighted by atomic mass is 16.4. The summed E-state index contributed by atoms with van der Waals surface area (Å²) in [5.41, 5.74) is 7.98. The van der Waals surface area contributed by atoms with Crippen molar-refractivity contribution in [2.24, 2.45) is 0 Å². The van der Waals surface area contributed by atoms with Crippen molar-refractivity contribution >= 4 is 17.5 Å². The minimum absolute atomic E-state index is 0.0633. The summed E-state index contributed by atoms with van der Waals surface area (Å²) in [6, 6.07) is 5.33. The molecule has 0 aliphatic carbocycles. The smallest absolute Gasteiger partial charge is 0.404 e. The molecule has 1 aromatic rings. The van der Waals surface area contributed by atoms with Crippen molar-refractivity contribution in [3.63, 3.8) is 0 Å². The molecule has 0 saturated carbocycles. The molecule has 1 aromatic carbocycles. The number of amides is 1. The van der Waals surface area contributed by atoms with E-state index in [1.807, 2.05) is 6.07 Å². The van der Waals surface area contributed by atoms with Crippen molar-refractivity contribution < 1.29 is 15.0 Å². The minimum Gasteiger partial charge on any atom is -0.465 e. The number of hydrogen-bond donors (Lipinski definition) is 4. The lowest BCUT2D eigenvalue weighted by atomic mass is 10.1. The fourth-order valence-electron chi connectivity index (χ4n) is 2.31. The van der Waals surface area contributed by atoms with Crippen LogP contribution in [0.15, 0.2) is 18.2 Å². The Bertz CT molecular complexity index is 450. The largest absolute Gasteiger partial charge is 0.465 e. The van der Waals surface area contributed by atoms with E-state index in [-0.39, 0.29) is 12.6 Å². The molecule has 2 rings (SSSR count). The maximum absolute atomic E-state index is 10.6. The Morgan fingerprint density at radius 3 is 3.00 bits per heavy atom. The van der Waals surface area contributed by atoms with E-state index in [0.717, 1.165) is 24.2 Å². The van der Waals surface area contributed by atoms with Gasteiger partial charge in [0, 0.05) is 30.0 Å². The summed E-state index contributed by atoms with van der Waals surface area (Å²) in [4.78, 5) is 12.6. The number of hydrogen-bond acceptors (Lipinski definition) is 4. The van der Waals surface area contributed by atoms with Crippen molar-refractivity contribution in [3.8, 4) is 0 Å². The Morgan fingerprint density at radius 1 is 1.56 bits per heavy atom. The van der Waals surface area contributed by atoms with Gasteiger partial charge in [-0.3, -0.25) is 0 Å². The quantitative estimate of drug-likeness (QED) is 0.590. The molecule has 6 heteroatoms. The third kappa shape index (κ3) is 2.65. The van der Waals surface area contributed by atoms with Gasteiger partial charge in [0.1, 0.15) is 0 Å². The third-order valence-electron chi connectivity index (χ3n) is 3.13. The first kappa shape index (κ1) is 12.5. The molecule has 1 fully saturated rings. The van der Waals surface area contributed by atoms with Gasteiger partial charge in [0.05, 0.1) is 12.6 Å². The molecule has 0 radical (unpaired) electrons. The van der Waals surface area contributed by atoms with Gasteiger partial charge < -0.3 is 26.2 Å². The van der Waals surface area contributed by atoms with Crippen molar-refractivity contribution in [1.29, 1.82) is 0 Å². The van der Waals surface area contributed by atoms with Crippen LogP contribution in [-0.4, -0.2) is 35.4 Å². The van der Waals surface area contributed by atoms with Gasteiger partial charge >= 0.3 is 6.09 Å². The summed E-state index contributed by atoms with van der Waals surface area (Å²) in [6.45, 7) is 1.30. The van der Waals surface area contributed by atoms with E-state index >= 15 is 0 Å². The van der Waals surface area contributed by atoms with Crippen molar-refractivity contribution in [3.05, 3.63) is 23.8 Å². The molecule has 1 saturated heterocycles. The van der Waals surface area contributed by atoms with E-state index in [1.165, 1.54) is 0 Å². The van der Waals surface area contributed by atoms with E-state index < -0.39 is 6.09 Å². The van der Waals surface area contributed by atoms with Gasteiger partial charge in [-0.05, 0) is 24.6 Å². The van der Waals surface area contributed by atoms with Gasteiger partial charge in [0.15, 0.2) is 0 Å². The molecule has 18 heavy (non-hydrogen) atoms. The van der Waals surface area contributed by atoms with Gasteiger partial charge in [-0.25, -0.2) is 4.79 Å². The Labute approximate surface area is 105 Å². The van der Waals surface area contributed by atoms with Crippen LogP contribution in [0.2, 0.25) is 0 Å². The molecule has 1 aliphatic heterocycles. The molecule has 1 unspecified atom stereocenters. The van der Waals surface area contributed by atoms with E-state index in [2.05, 4.69) is 10.2 Å². The van der Waals surface area contributed by atoms with Crippen LogP contribution in [0.4, 0.5) is 16.2 Å². The summed E-state index contributed by atoms with van der Waals surface area (Å²) in [6.07, 6.45) is -0.233. The number of aliphatic hydroxyl groups excluding tert-OH is 1. The normalized spacial score (nSPS) is 18.9. The number of carboxylic acid groups (broad SMARTS) is 1. The maximum Gasteiger partial charge on any atom is 0.404 e. The predicted octanol–water partition coefficient (Wildman–Crippen LogP) is 0.607. The minimum atomic E-state index is -0.999. The summed E-state index contributed by atoms with van der Waals surface area (Å²) in [7, 11) is 0. The van der Waals surface area contributed by atoms with E-state index in [9.17, 15) is 9.90 Å². The van der Waals surface area contributed by atoms with Crippen LogP contribution < -0.4 is 16.0 Å². The van der Waals surface area contributed by atoms with Crippen LogP contribution in [0.3, 0.4) is 0 Å². The Kier molecular flexibility index (Phi) is 3.57. The Morgan fingerprint density at radius 2 is 2.33 bits per heavy atom. The first-order chi connectivity index (χ1) is 8.60. The van der Waals surface area contributed by atoms with Crippen molar-refractivity contribution in [2.75, 3.05) is 23.7 Å². The summed E-state index contributed by atoms with van der Waals surface area (Å²) >= 11 is 0. The molecule has 1 aliphatic rings. The lowest BCUT2D eigenvalue weighted by Gasteiger charge is -2.21. The third-order valence-corrected chi connectivity index (χ3v) is 3.13. The van der Waals surface area contributed by atoms with E-state index in [0.29, 0.717) is 12.2 Å². The second-order valence-corrected chi connectivity index (χ2v) is 4.43. The second-order valence-electron chi connectivity index (χ2n) is 4.43. The number of aliphatic hydroxyl groups is 1. The standard InChI is InChI=1S/C12H17N3O3/c13-9-1-2-11(8(5-9)7-16)15-4-3-10(6-15)14-12(17)18/h1-2,5,10,14,16H,3-4,6-7,13H2,(H,17,18). The van der Waals surface area contributed by atoms with Crippen molar-refractivity contribution in [2.45, 2.75) is 19.1 Å². The van der Waals surface area contributed by atoms with Gasteiger partial charge in [0.2, 0.25) is 0 Å². The van der Waals surface area contributed by atoms with Crippen LogP contribution in [0.5, 0.6) is 0 Å². The number of nitrogens with one attached hydrogen (secondary N) is 1. The zero-order chi connectivity index (χ0) is 13.1. The predicted molar refractivity (Wildman–Crippen MR) is 68.6 cm³/mol. The molecule has 5 N–H and O–H groups in total. The molecule has 0 spiro atoms. The summed E-state index contributed by atoms with van der Waals surface area (Å²) in [5, 5.41) is 20.5. The van der Waals surface area contributed by atoms with E-state index in [1.54, 1.807) is 12.1 Å². The zero-order valence-electron chi connectivity index (χ0n) is 9.97. The first-order valence-corrected chi connectivity index (χ1v) is 5.84. The van der Waals surface area contributed by atoms with Crippen LogP contribution >= 0.6 is 0 Å². The molecule has 0 bridgehead atoms. The number of carbonyl (C=O) groups is 1. The maximum atomic E-state index is 10.6. The van der Waals surface area contributed by atoms with Crippen LogP contribution in [0, 0.1) is 0 Å². The molecule has 6 nitrogen and oxygen atoms in total. The zero-order valence-corrected chi connectivity index (χ0v) is 9.97. The summed E-state index contributed by atoms with van der Waals surface area (Å²) in [5.74, 6) is 0. The summed E-state index contributed by atoms with van der Waals surface area (Å²) < 4.78 is 0. The highest BCUT2D eigenvalue weighted by Crippen LogP contribution is 2.26.